The van der Waals surface area contributed by atoms with E-state index in [-0.39, 0.29) is 13.1 Å². The maximum atomic E-state index is 11.5. The Labute approximate surface area is 105 Å². The highest BCUT2D eigenvalue weighted by molar-refractivity contribution is 6.63. The van der Waals surface area contributed by atoms with Gasteiger partial charge in [-0.15, -0.1) is 0 Å². The van der Waals surface area contributed by atoms with E-state index >= 15 is 0 Å². The molecule has 1 saturated heterocycles. The standard InChI is InChI=1S/C11H13BN2O4/c1-8-3-4-13-9(5-8)12-17-10(15)6-14(2)7-11(16)18-12/h3-5H,6-7H2,1-2H3. The van der Waals surface area contributed by atoms with Crippen LogP contribution in [0.1, 0.15) is 5.56 Å². The van der Waals surface area contributed by atoms with Gasteiger partial charge in [-0.1, -0.05) is 0 Å². The molecule has 0 amide bonds. The summed E-state index contributed by atoms with van der Waals surface area (Å²) in [6.45, 7) is 1.99. The Morgan fingerprint density at radius 1 is 1.28 bits per heavy atom. The highest BCUT2D eigenvalue weighted by Crippen LogP contribution is 2.01. The Kier molecular flexibility index (Phi) is 3.62. The first-order valence-electron chi connectivity index (χ1n) is 5.54. The van der Waals surface area contributed by atoms with Crippen LogP contribution in [0.4, 0.5) is 0 Å². The van der Waals surface area contributed by atoms with Crippen molar-refractivity contribution in [3.05, 3.63) is 23.9 Å². The number of hydrogen-bond donors (Lipinski definition) is 0. The molecular formula is C11H13BN2O4. The van der Waals surface area contributed by atoms with Crippen LogP contribution in [0.15, 0.2) is 18.3 Å². The molecule has 0 atom stereocenters. The third-order valence-corrected chi connectivity index (χ3v) is 2.45. The summed E-state index contributed by atoms with van der Waals surface area (Å²) < 4.78 is 10.2. The summed E-state index contributed by atoms with van der Waals surface area (Å²) in [6.07, 6.45) is 1.58. The number of rotatable bonds is 1. The summed E-state index contributed by atoms with van der Waals surface area (Å²) >= 11 is 0. The Morgan fingerprint density at radius 2 is 1.89 bits per heavy atom. The summed E-state index contributed by atoms with van der Waals surface area (Å²) in [5.41, 5.74) is 1.37. The smallest absolute Gasteiger partial charge is 0.493 e. The van der Waals surface area contributed by atoms with Crippen LogP contribution in [-0.4, -0.2) is 49.1 Å². The molecule has 7 heteroatoms. The molecule has 1 fully saturated rings. The second-order valence-corrected chi connectivity index (χ2v) is 4.24. The molecule has 1 aliphatic rings. The van der Waals surface area contributed by atoms with Gasteiger partial charge < -0.3 is 9.31 Å². The largest absolute Gasteiger partial charge is 0.656 e. The third kappa shape index (κ3) is 3.07. The zero-order valence-corrected chi connectivity index (χ0v) is 10.3. The van der Waals surface area contributed by atoms with Gasteiger partial charge in [-0.2, -0.15) is 0 Å². The van der Waals surface area contributed by atoms with Crippen LogP contribution in [-0.2, 0) is 18.9 Å². The molecular weight excluding hydrogens is 235 g/mol. The van der Waals surface area contributed by atoms with Gasteiger partial charge in [0.25, 0.3) is 0 Å². The summed E-state index contributed by atoms with van der Waals surface area (Å²) in [5.74, 6) is -0.892. The van der Waals surface area contributed by atoms with E-state index < -0.39 is 19.1 Å². The minimum absolute atomic E-state index is 0.0530. The van der Waals surface area contributed by atoms with Gasteiger partial charge in [-0.25, -0.2) is 0 Å². The van der Waals surface area contributed by atoms with Crippen LogP contribution < -0.4 is 5.59 Å². The minimum atomic E-state index is -1.06. The van der Waals surface area contributed by atoms with Gasteiger partial charge in [-0.05, 0) is 31.7 Å². The second kappa shape index (κ2) is 5.18. The number of pyridine rings is 1. The summed E-state index contributed by atoms with van der Waals surface area (Å²) in [6, 6.07) is 3.53. The molecule has 2 rings (SSSR count). The van der Waals surface area contributed by atoms with Gasteiger partial charge >= 0.3 is 19.1 Å². The average molecular weight is 248 g/mol. The van der Waals surface area contributed by atoms with Gasteiger partial charge in [-0.3, -0.25) is 19.5 Å². The SMILES string of the molecule is Cc1ccnc(B2OC(=O)CN(C)CC(=O)O2)c1. The van der Waals surface area contributed by atoms with Crippen molar-refractivity contribution in [2.75, 3.05) is 20.1 Å². The quantitative estimate of drug-likeness (QED) is 0.601. The van der Waals surface area contributed by atoms with Crippen molar-refractivity contribution >= 4 is 24.7 Å². The van der Waals surface area contributed by atoms with Crippen molar-refractivity contribution in [3.63, 3.8) is 0 Å². The molecule has 0 spiro atoms. The Morgan fingerprint density at radius 3 is 2.44 bits per heavy atom. The van der Waals surface area contributed by atoms with Crippen LogP contribution in [0, 0.1) is 6.92 Å². The van der Waals surface area contributed by atoms with Crippen LogP contribution in [0.2, 0.25) is 0 Å². The van der Waals surface area contributed by atoms with Crippen molar-refractivity contribution in [2.45, 2.75) is 6.92 Å². The third-order valence-electron chi connectivity index (χ3n) is 2.45. The molecule has 0 radical (unpaired) electrons. The maximum Gasteiger partial charge on any atom is 0.656 e. The number of nitrogens with zero attached hydrogens (tertiary/aromatic N) is 2. The normalized spacial score (nSPS) is 17.8. The van der Waals surface area contributed by atoms with Gasteiger partial charge in [0, 0.05) is 6.20 Å². The van der Waals surface area contributed by atoms with E-state index in [1.165, 1.54) is 4.90 Å². The zero-order chi connectivity index (χ0) is 13.1. The summed E-state index contributed by atoms with van der Waals surface area (Å²) in [4.78, 5) is 28.7. The number of aryl methyl sites for hydroxylation is 1. The van der Waals surface area contributed by atoms with E-state index in [1.807, 2.05) is 13.0 Å². The average Bonchev–Trinajstić information content (AvgIpc) is 2.25. The highest BCUT2D eigenvalue weighted by Gasteiger charge is 2.34. The first kappa shape index (κ1) is 12.6. The maximum absolute atomic E-state index is 11.5. The monoisotopic (exact) mass is 248 g/mol. The molecule has 0 bridgehead atoms. The summed E-state index contributed by atoms with van der Waals surface area (Å²) in [5, 5.41) is 0. The summed E-state index contributed by atoms with van der Waals surface area (Å²) in [7, 11) is 0.590. The first-order valence-corrected chi connectivity index (χ1v) is 5.54. The van der Waals surface area contributed by atoms with E-state index in [0.29, 0.717) is 5.59 Å². The lowest BCUT2D eigenvalue weighted by Crippen LogP contribution is -2.48. The number of carbonyl (C=O) groups is 2. The lowest BCUT2D eigenvalue weighted by Gasteiger charge is -2.22. The molecule has 1 aromatic rings. The molecule has 6 nitrogen and oxygen atoms in total. The number of likely N-dealkylation sites (N-methyl/N-ethyl adjacent to an activating group) is 1. The first-order chi connectivity index (χ1) is 8.54. The fraction of sp³-hybridized carbons (Fsp3) is 0.364. The molecule has 0 unspecified atom stereocenters. The van der Waals surface area contributed by atoms with Crippen molar-refractivity contribution in [2.24, 2.45) is 0 Å². The molecule has 0 N–H and O–H groups in total. The van der Waals surface area contributed by atoms with Gasteiger partial charge in [0.05, 0.1) is 13.1 Å². The fourth-order valence-corrected chi connectivity index (χ4v) is 1.64. The van der Waals surface area contributed by atoms with E-state index in [2.05, 4.69) is 4.98 Å². The van der Waals surface area contributed by atoms with Crippen molar-refractivity contribution in [1.82, 2.24) is 9.88 Å². The van der Waals surface area contributed by atoms with E-state index in [9.17, 15) is 9.59 Å². The van der Waals surface area contributed by atoms with Crippen molar-refractivity contribution in [1.29, 1.82) is 0 Å². The molecule has 94 valence electrons. The van der Waals surface area contributed by atoms with Gasteiger partial charge in [0.1, 0.15) is 5.59 Å². The predicted octanol–water partition coefficient (Wildman–Crippen LogP) is -0.883. The van der Waals surface area contributed by atoms with Gasteiger partial charge in [0.2, 0.25) is 0 Å². The Balaban J connectivity index is 2.20. The predicted molar refractivity (Wildman–Crippen MR) is 64.0 cm³/mol. The van der Waals surface area contributed by atoms with E-state index in [1.54, 1.807) is 19.3 Å². The molecule has 0 aromatic carbocycles. The lowest BCUT2D eigenvalue weighted by atomic mass is 9.83. The second-order valence-electron chi connectivity index (χ2n) is 4.24. The zero-order valence-electron chi connectivity index (χ0n) is 10.3. The lowest BCUT2D eigenvalue weighted by molar-refractivity contribution is -0.145. The molecule has 1 aliphatic heterocycles. The number of carbonyl (C=O) groups excluding carboxylic acids is 2. The Hall–Kier alpha value is -1.89. The Bertz CT molecular complexity index is 460. The van der Waals surface area contributed by atoms with Crippen LogP contribution in [0.5, 0.6) is 0 Å². The van der Waals surface area contributed by atoms with Crippen LogP contribution >= 0.6 is 0 Å². The molecule has 0 aliphatic carbocycles. The molecule has 18 heavy (non-hydrogen) atoms. The molecule has 2 heterocycles. The number of hydrogen-bond acceptors (Lipinski definition) is 6. The fourth-order valence-electron chi connectivity index (χ4n) is 1.64. The minimum Gasteiger partial charge on any atom is -0.493 e. The van der Waals surface area contributed by atoms with Crippen LogP contribution in [0.25, 0.3) is 0 Å². The van der Waals surface area contributed by atoms with Crippen molar-refractivity contribution in [3.8, 4) is 0 Å². The topological polar surface area (TPSA) is 68.7 Å². The molecule has 0 saturated carbocycles. The van der Waals surface area contributed by atoms with E-state index in [4.69, 9.17) is 9.31 Å². The molecule has 1 aromatic heterocycles. The highest BCUT2D eigenvalue weighted by atomic mass is 16.6. The number of aromatic nitrogens is 1. The van der Waals surface area contributed by atoms with E-state index in [0.717, 1.165) is 5.56 Å². The van der Waals surface area contributed by atoms with Gasteiger partial charge in [0.15, 0.2) is 0 Å². The van der Waals surface area contributed by atoms with Crippen molar-refractivity contribution < 1.29 is 18.9 Å². The van der Waals surface area contributed by atoms with Crippen LogP contribution in [0.3, 0.4) is 0 Å².